The van der Waals surface area contributed by atoms with Crippen molar-refractivity contribution in [1.29, 1.82) is 0 Å². The molecule has 0 spiro atoms. The average molecular weight is 480 g/mol. The Balaban J connectivity index is 1.79. The lowest BCUT2D eigenvalue weighted by Gasteiger charge is -2.39. The molecule has 0 fully saturated rings. The third kappa shape index (κ3) is 5.34. The highest BCUT2D eigenvalue weighted by Crippen LogP contribution is 2.33. The summed E-state index contributed by atoms with van der Waals surface area (Å²) in [5.41, 5.74) is 2.57. The fraction of sp³-hybridized carbons (Fsp3) is 0.364. The molecule has 8 nitrogen and oxygen atoms in total. The summed E-state index contributed by atoms with van der Waals surface area (Å²) < 4.78 is 30.4. The number of rotatable bonds is 6. The van der Waals surface area contributed by atoms with Crippen LogP contribution >= 0.6 is 11.6 Å². The maximum Gasteiger partial charge on any atom is 0.420 e. The van der Waals surface area contributed by atoms with Crippen LogP contribution in [0.15, 0.2) is 47.4 Å². The molecule has 0 aliphatic carbocycles. The van der Waals surface area contributed by atoms with Gasteiger partial charge in [-0.2, -0.15) is 0 Å². The van der Waals surface area contributed by atoms with E-state index < -0.39 is 22.2 Å². The number of hydrogen-bond acceptors (Lipinski definition) is 6. The summed E-state index contributed by atoms with van der Waals surface area (Å²) in [6, 6.07) is 10.9. The van der Waals surface area contributed by atoms with E-state index in [0.717, 1.165) is 37.7 Å². The Kier molecular flexibility index (Phi) is 7.30. The highest BCUT2D eigenvalue weighted by molar-refractivity contribution is 7.90. The Morgan fingerprint density at radius 1 is 1.12 bits per heavy atom. The fourth-order valence-corrected chi connectivity index (χ4v) is 4.94. The van der Waals surface area contributed by atoms with Gasteiger partial charge in [0.25, 0.3) is 10.0 Å². The minimum atomic E-state index is -4.06. The van der Waals surface area contributed by atoms with Crippen molar-refractivity contribution in [2.75, 3.05) is 23.9 Å². The van der Waals surface area contributed by atoms with E-state index in [1.807, 2.05) is 32.0 Å². The smallest absolute Gasteiger partial charge is 0.420 e. The van der Waals surface area contributed by atoms with Gasteiger partial charge in [0, 0.05) is 22.9 Å². The lowest BCUT2D eigenvalue weighted by Crippen LogP contribution is -2.49. The third-order valence-corrected chi connectivity index (χ3v) is 6.83. The SMILES string of the molecule is COC(=O)NS(=O)(=O)c1ccc(NC(=O)[C@@H](C(C)C)N2CCCc3cc(Cl)ccc32)cc1. The Morgan fingerprint density at radius 2 is 1.81 bits per heavy atom. The first-order chi connectivity index (χ1) is 15.1. The molecule has 2 amide bonds. The molecule has 1 heterocycles. The molecular weight excluding hydrogens is 454 g/mol. The van der Waals surface area contributed by atoms with Crippen molar-refractivity contribution in [3.05, 3.63) is 53.1 Å². The van der Waals surface area contributed by atoms with Gasteiger partial charge in [-0.25, -0.2) is 17.9 Å². The van der Waals surface area contributed by atoms with Gasteiger partial charge in [0.05, 0.1) is 12.0 Å². The van der Waals surface area contributed by atoms with Crippen molar-refractivity contribution >= 4 is 45.0 Å². The minimum Gasteiger partial charge on any atom is -0.452 e. The molecule has 0 unspecified atom stereocenters. The van der Waals surface area contributed by atoms with E-state index in [2.05, 4.69) is 15.0 Å². The molecule has 10 heteroatoms. The van der Waals surface area contributed by atoms with Crippen molar-refractivity contribution < 1.29 is 22.7 Å². The Morgan fingerprint density at radius 3 is 2.44 bits per heavy atom. The summed E-state index contributed by atoms with van der Waals surface area (Å²) in [4.78, 5) is 26.4. The highest BCUT2D eigenvalue weighted by Gasteiger charge is 2.32. The molecule has 2 aromatic rings. The van der Waals surface area contributed by atoms with Gasteiger partial charge < -0.3 is 15.0 Å². The van der Waals surface area contributed by atoms with Gasteiger partial charge in [0.2, 0.25) is 5.91 Å². The number of carbonyl (C=O) groups is 2. The number of anilines is 2. The fourth-order valence-electron chi connectivity index (χ4n) is 3.83. The van der Waals surface area contributed by atoms with Crippen molar-refractivity contribution in [1.82, 2.24) is 4.72 Å². The third-order valence-electron chi connectivity index (χ3n) is 5.27. The molecule has 0 bridgehead atoms. The number of halogens is 1. The van der Waals surface area contributed by atoms with Crippen molar-refractivity contribution in [3.63, 3.8) is 0 Å². The first-order valence-electron chi connectivity index (χ1n) is 10.2. The predicted octanol–water partition coefficient (Wildman–Crippen LogP) is 3.80. The number of aryl methyl sites for hydroxylation is 1. The zero-order valence-electron chi connectivity index (χ0n) is 18.1. The van der Waals surface area contributed by atoms with Crippen LogP contribution in [0.1, 0.15) is 25.8 Å². The van der Waals surface area contributed by atoms with Crippen molar-refractivity contribution in [2.45, 2.75) is 37.6 Å². The Hall–Kier alpha value is -2.78. The van der Waals surface area contributed by atoms with Crippen LogP contribution in [-0.2, 0) is 26.0 Å². The first-order valence-corrected chi connectivity index (χ1v) is 12.1. The molecule has 0 radical (unpaired) electrons. The summed E-state index contributed by atoms with van der Waals surface area (Å²) >= 11 is 6.15. The second kappa shape index (κ2) is 9.79. The normalized spacial score (nSPS) is 14.5. The standard InChI is InChI=1S/C22H26ClN3O5S/c1-14(2)20(26-12-4-5-15-13-16(23)6-11-19(15)26)21(27)24-17-7-9-18(10-8-17)32(29,30)25-22(28)31-3/h6-11,13-14,20H,4-5,12H2,1-3H3,(H,24,27)(H,25,28)/t20-/m1/s1. The van der Waals surface area contributed by atoms with Gasteiger partial charge in [-0.05, 0) is 66.8 Å². The number of nitrogens with one attached hydrogen (secondary N) is 2. The van der Waals surface area contributed by atoms with Gasteiger partial charge in [-0.3, -0.25) is 4.79 Å². The van der Waals surface area contributed by atoms with E-state index in [1.165, 1.54) is 24.3 Å². The minimum absolute atomic E-state index is 0.0283. The Bertz CT molecular complexity index is 1100. The maximum absolute atomic E-state index is 13.2. The lowest BCUT2D eigenvalue weighted by molar-refractivity contribution is -0.118. The predicted molar refractivity (Wildman–Crippen MR) is 124 cm³/mol. The largest absolute Gasteiger partial charge is 0.452 e. The number of hydrogen-bond donors (Lipinski definition) is 2. The number of fused-ring (bicyclic) bond motifs is 1. The molecule has 1 aliphatic heterocycles. The molecule has 1 aliphatic rings. The van der Waals surface area contributed by atoms with Gasteiger partial charge in [0.1, 0.15) is 6.04 Å². The molecule has 2 aromatic carbocycles. The van der Waals surface area contributed by atoms with Crippen LogP contribution in [0.3, 0.4) is 0 Å². The summed E-state index contributed by atoms with van der Waals surface area (Å²) in [5, 5.41) is 3.55. The summed E-state index contributed by atoms with van der Waals surface area (Å²) in [5.74, 6) is -0.161. The van der Waals surface area contributed by atoms with Gasteiger partial charge in [0.15, 0.2) is 0 Å². The maximum atomic E-state index is 13.2. The van der Waals surface area contributed by atoms with E-state index >= 15 is 0 Å². The lowest BCUT2D eigenvalue weighted by atomic mass is 9.95. The van der Waals surface area contributed by atoms with Crippen LogP contribution in [-0.4, -0.2) is 40.1 Å². The molecule has 172 valence electrons. The van der Waals surface area contributed by atoms with Crippen LogP contribution in [0.2, 0.25) is 5.02 Å². The van der Waals surface area contributed by atoms with Crippen LogP contribution in [0.5, 0.6) is 0 Å². The number of nitrogens with zero attached hydrogens (tertiary/aromatic N) is 1. The van der Waals surface area contributed by atoms with Crippen LogP contribution in [0, 0.1) is 5.92 Å². The average Bonchev–Trinajstić information content (AvgIpc) is 2.73. The van der Waals surface area contributed by atoms with Crippen LogP contribution in [0.4, 0.5) is 16.2 Å². The molecule has 0 saturated carbocycles. The second-order valence-corrected chi connectivity index (χ2v) is 9.99. The van der Waals surface area contributed by atoms with Crippen LogP contribution < -0.4 is 14.9 Å². The van der Waals surface area contributed by atoms with Crippen molar-refractivity contribution in [3.8, 4) is 0 Å². The van der Waals surface area contributed by atoms with Gasteiger partial charge in [-0.15, -0.1) is 0 Å². The van der Waals surface area contributed by atoms with Gasteiger partial charge >= 0.3 is 6.09 Å². The van der Waals surface area contributed by atoms with E-state index in [-0.39, 0.29) is 16.7 Å². The summed E-state index contributed by atoms with van der Waals surface area (Å²) in [6.07, 6.45) is 0.753. The number of benzene rings is 2. The molecule has 3 rings (SSSR count). The topological polar surface area (TPSA) is 105 Å². The molecule has 0 saturated heterocycles. The molecule has 1 atom stereocenters. The molecule has 0 aromatic heterocycles. The van der Waals surface area contributed by atoms with E-state index in [9.17, 15) is 18.0 Å². The number of ether oxygens (including phenoxy) is 1. The monoisotopic (exact) mass is 479 g/mol. The first kappa shape index (κ1) is 23.9. The number of methoxy groups -OCH3 is 1. The number of sulfonamides is 1. The summed E-state index contributed by atoms with van der Waals surface area (Å²) in [6.45, 7) is 4.73. The van der Waals surface area contributed by atoms with E-state index in [1.54, 1.807) is 4.72 Å². The van der Waals surface area contributed by atoms with E-state index in [0.29, 0.717) is 10.7 Å². The highest BCUT2D eigenvalue weighted by atomic mass is 35.5. The zero-order chi connectivity index (χ0) is 23.5. The van der Waals surface area contributed by atoms with Crippen molar-refractivity contribution in [2.24, 2.45) is 5.92 Å². The summed E-state index contributed by atoms with van der Waals surface area (Å²) in [7, 11) is -2.98. The molecular formula is C22H26ClN3O5S. The number of amides is 2. The second-order valence-electron chi connectivity index (χ2n) is 7.87. The number of carbonyl (C=O) groups excluding carboxylic acids is 2. The molecule has 32 heavy (non-hydrogen) atoms. The molecule has 2 N–H and O–H groups in total. The Labute approximate surface area is 192 Å². The van der Waals surface area contributed by atoms with Crippen LogP contribution in [0.25, 0.3) is 0 Å². The van der Waals surface area contributed by atoms with Gasteiger partial charge in [-0.1, -0.05) is 25.4 Å². The van der Waals surface area contributed by atoms with E-state index in [4.69, 9.17) is 11.6 Å². The zero-order valence-corrected chi connectivity index (χ0v) is 19.7. The quantitative estimate of drug-likeness (QED) is 0.653.